The fourth-order valence-corrected chi connectivity index (χ4v) is 2.84. The Balaban J connectivity index is 2.31. The number of aromatic nitrogens is 2. The molecule has 0 fully saturated rings. The molecule has 0 radical (unpaired) electrons. The van der Waals surface area contributed by atoms with Crippen LogP contribution in [0.5, 0.6) is 0 Å². The zero-order valence-electron chi connectivity index (χ0n) is 13.4. The summed E-state index contributed by atoms with van der Waals surface area (Å²) in [6.07, 6.45) is 0. The van der Waals surface area contributed by atoms with Gasteiger partial charge in [-0.05, 0) is 44.0 Å². The van der Waals surface area contributed by atoms with Gasteiger partial charge in [-0.15, -0.1) is 0 Å². The fraction of sp³-hybridized carbons (Fsp3) is 0.471. The minimum atomic E-state index is 0.438. The van der Waals surface area contributed by atoms with Crippen molar-refractivity contribution in [3.8, 4) is 5.69 Å². The van der Waals surface area contributed by atoms with Crippen molar-refractivity contribution in [1.29, 1.82) is 0 Å². The molecule has 0 aliphatic carbocycles. The average molecular weight is 306 g/mol. The van der Waals surface area contributed by atoms with Crippen LogP contribution in [0.3, 0.4) is 0 Å². The summed E-state index contributed by atoms with van der Waals surface area (Å²) in [5.74, 6) is 0.438. The predicted molar refractivity (Wildman–Crippen MR) is 89.6 cm³/mol. The second-order valence-electron chi connectivity index (χ2n) is 5.94. The first-order valence-corrected chi connectivity index (χ1v) is 7.83. The van der Waals surface area contributed by atoms with Gasteiger partial charge in [0.05, 0.1) is 11.4 Å². The molecule has 1 heterocycles. The number of halogens is 1. The van der Waals surface area contributed by atoms with E-state index in [0.717, 1.165) is 22.9 Å². The van der Waals surface area contributed by atoms with Gasteiger partial charge in [0.2, 0.25) is 0 Å². The molecule has 0 saturated carbocycles. The highest BCUT2D eigenvalue weighted by molar-refractivity contribution is 6.30. The normalized spacial score (nSPS) is 12.9. The van der Waals surface area contributed by atoms with Crippen molar-refractivity contribution in [2.75, 3.05) is 6.54 Å². The zero-order chi connectivity index (χ0) is 15.6. The van der Waals surface area contributed by atoms with E-state index >= 15 is 0 Å². The maximum atomic E-state index is 5.96. The maximum absolute atomic E-state index is 5.96. The summed E-state index contributed by atoms with van der Waals surface area (Å²) in [6.45, 7) is 11.8. The summed E-state index contributed by atoms with van der Waals surface area (Å²) in [5, 5.41) is 8.95. The molecule has 0 aliphatic rings. The Hall–Kier alpha value is -1.32. The first-order valence-electron chi connectivity index (χ1n) is 7.45. The van der Waals surface area contributed by atoms with Gasteiger partial charge in [-0.25, -0.2) is 4.68 Å². The van der Waals surface area contributed by atoms with E-state index in [9.17, 15) is 0 Å². The van der Waals surface area contributed by atoms with Crippen molar-refractivity contribution in [3.63, 3.8) is 0 Å². The van der Waals surface area contributed by atoms with E-state index in [2.05, 4.69) is 39.9 Å². The third kappa shape index (κ3) is 3.66. The number of aryl methyl sites for hydroxylation is 1. The van der Waals surface area contributed by atoms with E-state index in [1.54, 1.807) is 0 Å². The van der Waals surface area contributed by atoms with E-state index in [-0.39, 0.29) is 0 Å². The molecule has 0 bridgehead atoms. The molecule has 4 heteroatoms. The van der Waals surface area contributed by atoms with Crippen molar-refractivity contribution in [2.45, 2.75) is 46.6 Å². The second-order valence-corrected chi connectivity index (χ2v) is 6.37. The van der Waals surface area contributed by atoms with Gasteiger partial charge in [0.25, 0.3) is 0 Å². The van der Waals surface area contributed by atoms with Gasteiger partial charge in [-0.3, -0.25) is 0 Å². The number of hydrogen-bond donors (Lipinski definition) is 1. The number of rotatable bonds is 5. The highest BCUT2D eigenvalue weighted by atomic mass is 35.5. The molecule has 1 unspecified atom stereocenters. The predicted octanol–water partition coefficient (Wildman–Crippen LogP) is 4.24. The Morgan fingerprint density at radius 1 is 1.14 bits per heavy atom. The van der Waals surface area contributed by atoms with Crippen LogP contribution in [0.4, 0.5) is 0 Å². The van der Waals surface area contributed by atoms with Crippen LogP contribution in [0, 0.1) is 13.8 Å². The minimum Gasteiger partial charge on any atom is -0.314 e. The van der Waals surface area contributed by atoms with Crippen molar-refractivity contribution < 1.29 is 0 Å². The van der Waals surface area contributed by atoms with Crippen LogP contribution in [-0.4, -0.2) is 22.4 Å². The Labute approximate surface area is 132 Å². The Kier molecular flexibility index (Phi) is 5.07. The van der Waals surface area contributed by atoms with Gasteiger partial charge < -0.3 is 5.32 Å². The van der Waals surface area contributed by atoms with Crippen molar-refractivity contribution in [3.05, 3.63) is 46.2 Å². The third-order valence-electron chi connectivity index (χ3n) is 3.74. The lowest BCUT2D eigenvalue weighted by atomic mass is 9.99. The number of hydrogen-bond acceptors (Lipinski definition) is 2. The van der Waals surface area contributed by atoms with Crippen LogP contribution in [0.2, 0.25) is 5.02 Å². The van der Waals surface area contributed by atoms with Gasteiger partial charge in [0.1, 0.15) is 0 Å². The topological polar surface area (TPSA) is 29.9 Å². The minimum absolute atomic E-state index is 0.438. The molecule has 2 aromatic rings. The number of benzene rings is 1. The summed E-state index contributed by atoms with van der Waals surface area (Å²) in [7, 11) is 0. The van der Waals surface area contributed by atoms with E-state index < -0.39 is 0 Å². The van der Waals surface area contributed by atoms with Gasteiger partial charge in [-0.2, -0.15) is 5.10 Å². The highest BCUT2D eigenvalue weighted by Gasteiger charge is 2.18. The zero-order valence-corrected chi connectivity index (χ0v) is 14.2. The Bertz CT molecular complexity index is 599. The van der Waals surface area contributed by atoms with E-state index in [1.807, 2.05) is 28.9 Å². The number of nitrogens with zero attached hydrogens (tertiary/aromatic N) is 2. The monoisotopic (exact) mass is 305 g/mol. The van der Waals surface area contributed by atoms with Crippen molar-refractivity contribution in [2.24, 2.45) is 0 Å². The van der Waals surface area contributed by atoms with Crippen LogP contribution in [0.1, 0.15) is 43.6 Å². The highest BCUT2D eigenvalue weighted by Crippen LogP contribution is 2.25. The SMILES string of the molecule is Cc1nn(-c2ccc(Cl)cc2)c(C)c1C(C)CNC(C)C. The molecule has 0 spiro atoms. The molecule has 1 aromatic heterocycles. The molecule has 1 atom stereocenters. The summed E-state index contributed by atoms with van der Waals surface area (Å²) in [6, 6.07) is 8.30. The lowest BCUT2D eigenvalue weighted by Crippen LogP contribution is -2.27. The molecular formula is C17H24ClN3. The van der Waals surface area contributed by atoms with Crippen LogP contribution in [0.15, 0.2) is 24.3 Å². The molecule has 0 amide bonds. The molecule has 21 heavy (non-hydrogen) atoms. The summed E-state index contributed by atoms with van der Waals surface area (Å²) >= 11 is 5.96. The molecule has 114 valence electrons. The average Bonchev–Trinajstić information content (AvgIpc) is 2.72. The van der Waals surface area contributed by atoms with E-state index in [0.29, 0.717) is 12.0 Å². The summed E-state index contributed by atoms with van der Waals surface area (Å²) < 4.78 is 2.01. The quantitative estimate of drug-likeness (QED) is 0.895. The molecule has 1 N–H and O–H groups in total. The van der Waals surface area contributed by atoms with Gasteiger partial charge in [0, 0.05) is 28.9 Å². The third-order valence-corrected chi connectivity index (χ3v) is 4.00. The lowest BCUT2D eigenvalue weighted by molar-refractivity contribution is 0.546. The van der Waals surface area contributed by atoms with Crippen LogP contribution in [0.25, 0.3) is 5.69 Å². The van der Waals surface area contributed by atoms with Crippen LogP contribution >= 0.6 is 11.6 Å². The van der Waals surface area contributed by atoms with Crippen LogP contribution in [-0.2, 0) is 0 Å². The molecule has 1 aromatic carbocycles. The largest absolute Gasteiger partial charge is 0.314 e. The first kappa shape index (κ1) is 16.1. The molecule has 0 saturated heterocycles. The fourth-order valence-electron chi connectivity index (χ4n) is 2.72. The van der Waals surface area contributed by atoms with Gasteiger partial charge >= 0.3 is 0 Å². The van der Waals surface area contributed by atoms with Crippen molar-refractivity contribution >= 4 is 11.6 Å². The molecular weight excluding hydrogens is 282 g/mol. The lowest BCUT2D eigenvalue weighted by Gasteiger charge is -2.16. The maximum Gasteiger partial charge on any atom is 0.0649 e. The Morgan fingerprint density at radius 2 is 1.76 bits per heavy atom. The molecule has 2 rings (SSSR count). The Morgan fingerprint density at radius 3 is 2.33 bits per heavy atom. The van der Waals surface area contributed by atoms with Gasteiger partial charge in [0.15, 0.2) is 0 Å². The first-order chi connectivity index (χ1) is 9.90. The molecule has 0 aliphatic heterocycles. The molecule has 3 nitrogen and oxygen atoms in total. The van der Waals surface area contributed by atoms with Crippen molar-refractivity contribution in [1.82, 2.24) is 15.1 Å². The van der Waals surface area contributed by atoms with E-state index in [1.165, 1.54) is 11.3 Å². The van der Waals surface area contributed by atoms with Gasteiger partial charge in [-0.1, -0.05) is 32.4 Å². The standard InChI is InChI=1S/C17H24ClN3/c1-11(2)19-10-12(3)17-13(4)20-21(14(17)5)16-8-6-15(18)7-9-16/h6-9,11-12,19H,10H2,1-5H3. The summed E-state index contributed by atoms with van der Waals surface area (Å²) in [5.41, 5.74) is 4.68. The van der Waals surface area contributed by atoms with Crippen LogP contribution < -0.4 is 5.32 Å². The smallest absolute Gasteiger partial charge is 0.0649 e. The second kappa shape index (κ2) is 6.63. The van der Waals surface area contributed by atoms with E-state index in [4.69, 9.17) is 16.7 Å². The summed E-state index contributed by atoms with van der Waals surface area (Å²) in [4.78, 5) is 0. The number of nitrogens with one attached hydrogen (secondary N) is 1.